The van der Waals surface area contributed by atoms with Gasteiger partial charge in [0.05, 0.1) is 12.8 Å². The van der Waals surface area contributed by atoms with Crippen LogP contribution in [0.2, 0.25) is 0 Å². The van der Waals surface area contributed by atoms with Gasteiger partial charge in [-0.2, -0.15) is 0 Å². The van der Waals surface area contributed by atoms with Crippen LogP contribution in [0.1, 0.15) is 47.1 Å². The van der Waals surface area contributed by atoms with Crippen molar-refractivity contribution in [2.24, 2.45) is 0 Å². The van der Waals surface area contributed by atoms with Crippen molar-refractivity contribution in [1.82, 2.24) is 19.6 Å². The van der Waals surface area contributed by atoms with Crippen LogP contribution in [0.15, 0.2) is 36.5 Å². The quantitative estimate of drug-likeness (QED) is 0.349. The van der Waals surface area contributed by atoms with Crippen molar-refractivity contribution in [3.8, 4) is 17.6 Å². The molecule has 0 radical (unpaired) electrons. The smallest absolute Gasteiger partial charge is 0.361 e. The third-order valence-corrected chi connectivity index (χ3v) is 6.85. The SMILES string of the molecule is CC(=O)N1CCC(OC(=O)c2nc(C#CCNS(C)(=O)=O)c3cc(Cc4ccc(F)cc4)cnc3c2O)CC1. The van der Waals surface area contributed by atoms with Gasteiger partial charge in [-0.15, -0.1) is 0 Å². The number of esters is 1. The molecular formula is C27H27FN4O6S. The van der Waals surface area contributed by atoms with Crippen LogP contribution < -0.4 is 4.72 Å². The number of likely N-dealkylation sites (tertiary alicyclic amines) is 1. The molecule has 39 heavy (non-hydrogen) atoms. The van der Waals surface area contributed by atoms with Crippen molar-refractivity contribution < 1.29 is 32.2 Å². The molecule has 0 aliphatic carbocycles. The van der Waals surface area contributed by atoms with Crippen molar-refractivity contribution in [1.29, 1.82) is 0 Å². The first-order valence-corrected chi connectivity index (χ1v) is 14.1. The van der Waals surface area contributed by atoms with Crippen LogP contribution in [0.5, 0.6) is 5.75 Å². The summed E-state index contributed by atoms with van der Waals surface area (Å²) in [5.41, 5.74) is 1.36. The van der Waals surface area contributed by atoms with E-state index in [0.29, 0.717) is 37.7 Å². The number of nitrogens with one attached hydrogen (secondary N) is 1. The number of sulfonamides is 1. The number of fused-ring (bicyclic) bond motifs is 1. The maximum Gasteiger partial charge on any atom is 0.361 e. The fourth-order valence-corrected chi connectivity index (χ4v) is 4.51. The highest BCUT2D eigenvalue weighted by Crippen LogP contribution is 2.30. The molecule has 0 spiro atoms. The van der Waals surface area contributed by atoms with E-state index in [-0.39, 0.29) is 35.2 Å². The van der Waals surface area contributed by atoms with Crippen LogP contribution >= 0.6 is 0 Å². The van der Waals surface area contributed by atoms with Gasteiger partial charge in [0.25, 0.3) is 0 Å². The number of ether oxygens (including phenoxy) is 1. The number of benzene rings is 1. The predicted octanol–water partition coefficient (Wildman–Crippen LogP) is 2.13. The minimum atomic E-state index is -3.47. The van der Waals surface area contributed by atoms with Gasteiger partial charge < -0.3 is 14.7 Å². The lowest BCUT2D eigenvalue weighted by atomic mass is 10.0. The Morgan fingerprint density at radius 1 is 1.21 bits per heavy atom. The third-order valence-electron chi connectivity index (χ3n) is 6.18. The van der Waals surface area contributed by atoms with Crippen LogP contribution in [-0.4, -0.2) is 72.3 Å². The maximum absolute atomic E-state index is 13.3. The molecule has 0 atom stereocenters. The van der Waals surface area contributed by atoms with Crippen molar-refractivity contribution in [3.05, 3.63) is 64.9 Å². The summed E-state index contributed by atoms with van der Waals surface area (Å²) in [6.45, 7) is 2.19. The highest BCUT2D eigenvalue weighted by Gasteiger charge is 2.27. The number of rotatable bonds is 6. The van der Waals surface area contributed by atoms with Crippen LogP contribution in [0, 0.1) is 17.7 Å². The number of hydrogen-bond acceptors (Lipinski definition) is 8. The van der Waals surface area contributed by atoms with Gasteiger partial charge in [0, 0.05) is 44.4 Å². The zero-order chi connectivity index (χ0) is 28.2. The first-order chi connectivity index (χ1) is 18.5. The number of hydrogen-bond donors (Lipinski definition) is 2. The zero-order valence-electron chi connectivity index (χ0n) is 21.4. The molecule has 0 saturated carbocycles. The average molecular weight is 555 g/mol. The number of aromatic nitrogens is 2. The Labute approximate surface area is 225 Å². The second kappa shape index (κ2) is 11.8. The summed E-state index contributed by atoms with van der Waals surface area (Å²) in [6.07, 6.45) is 3.40. The Bertz CT molecular complexity index is 1570. The molecule has 1 aliphatic rings. The lowest BCUT2D eigenvalue weighted by Crippen LogP contribution is -2.40. The van der Waals surface area contributed by atoms with Crippen molar-refractivity contribution >= 4 is 32.8 Å². The molecular weight excluding hydrogens is 527 g/mol. The summed E-state index contributed by atoms with van der Waals surface area (Å²) < 4.78 is 43.9. The largest absolute Gasteiger partial charge is 0.504 e. The first-order valence-electron chi connectivity index (χ1n) is 12.2. The molecule has 1 aromatic carbocycles. The topological polar surface area (TPSA) is 139 Å². The molecule has 1 fully saturated rings. The first kappa shape index (κ1) is 27.9. The number of carbonyl (C=O) groups excluding carboxylic acids is 2. The van der Waals surface area contributed by atoms with E-state index in [4.69, 9.17) is 4.74 Å². The Kier molecular flexibility index (Phi) is 8.42. The van der Waals surface area contributed by atoms with Crippen molar-refractivity contribution in [2.45, 2.75) is 32.3 Å². The lowest BCUT2D eigenvalue weighted by molar-refractivity contribution is -0.130. The monoisotopic (exact) mass is 554 g/mol. The van der Waals surface area contributed by atoms with E-state index >= 15 is 0 Å². The number of carbonyl (C=O) groups is 2. The Morgan fingerprint density at radius 3 is 2.54 bits per heavy atom. The average Bonchev–Trinajstić information content (AvgIpc) is 2.88. The fourth-order valence-electron chi connectivity index (χ4n) is 4.18. The maximum atomic E-state index is 13.3. The van der Waals surface area contributed by atoms with Crippen LogP contribution in [-0.2, 0) is 26.0 Å². The third kappa shape index (κ3) is 7.28. The van der Waals surface area contributed by atoms with E-state index in [1.807, 2.05) is 0 Å². The Balaban J connectivity index is 1.66. The second-order valence-electron chi connectivity index (χ2n) is 9.21. The van der Waals surface area contributed by atoms with Crippen LogP contribution in [0.3, 0.4) is 0 Å². The number of piperidine rings is 1. The normalized spacial score (nSPS) is 14.1. The van der Waals surface area contributed by atoms with Crippen molar-refractivity contribution in [3.63, 3.8) is 0 Å². The summed E-state index contributed by atoms with van der Waals surface area (Å²) in [6, 6.07) is 7.70. The number of aromatic hydroxyl groups is 1. The molecule has 204 valence electrons. The summed E-state index contributed by atoms with van der Waals surface area (Å²) in [5.74, 6) is 3.70. The fraction of sp³-hybridized carbons (Fsp3) is 0.333. The van der Waals surface area contributed by atoms with Crippen LogP contribution in [0.4, 0.5) is 4.39 Å². The van der Waals surface area contributed by atoms with Gasteiger partial charge >= 0.3 is 5.97 Å². The predicted molar refractivity (Wildman–Crippen MR) is 141 cm³/mol. The summed E-state index contributed by atoms with van der Waals surface area (Å²) in [4.78, 5) is 34.9. The molecule has 12 heteroatoms. The molecule has 4 rings (SSSR count). The number of halogens is 1. The number of pyridine rings is 2. The number of nitrogens with zero attached hydrogens (tertiary/aromatic N) is 3. The van der Waals surface area contributed by atoms with Gasteiger partial charge in [-0.1, -0.05) is 18.1 Å². The van der Waals surface area contributed by atoms with E-state index in [0.717, 1.165) is 17.4 Å². The van der Waals surface area contributed by atoms with Crippen molar-refractivity contribution in [2.75, 3.05) is 25.9 Å². The van der Waals surface area contributed by atoms with E-state index in [1.54, 1.807) is 23.1 Å². The molecule has 2 aromatic heterocycles. The molecule has 2 N–H and O–H groups in total. The molecule has 10 nitrogen and oxygen atoms in total. The van der Waals surface area contributed by atoms with Gasteiger partial charge in [0.2, 0.25) is 15.9 Å². The van der Waals surface area contributed by atoms with Gasteiger partial charge in [0.1, 0.15) is 23.1 Å². The highest BCUT2D eigenvalue weighted by atomic mass is 32.2. The molecule has 3 aromatic rings. The Hall–Kier alpha value is -4.08. The minimum Gasteiger partial charge on any atom is -0.504 e. The van der Waals surface area contributed by atoms with E-state index in [1.165, 1.54) is 25.3 Å². The standard InChI is InChI=1S/C27H27FN4O6S/c1-17(33)32-12-9-21(10-13-32)38-27(35)25-26(34)24-22(23(31-25)4-3-11-30-39(2,36)37)15-19(16-29-24)14-18-5-7-20(28)8-6-18/h5-8,15-16,21,30,34H,9-14H2,1-2H3. The molecule has 1 amide bonds. The summed E-state index contributed by atoms with van der Waals surface area (Å²) in [5, 5.41) is 11.3. The van der Waals surface area contributed by atoms with Gasteiger partial charge in [-0.25, -0.2) is 27.3 Å². The lowest BCUT2D eigenvalue weighted by Gasteiger charge is -2.30. The minimum absolute atomic E-state index is 0.0490. The van der Waals surface area contributed by atoms with Gasteiger partial charge in [-0.05, 0) is 41.7 Å². The summed E-state index contributed by atoms with van der Waals surface area (Å²) >= 11 is 0. The Morgan fingerprint density at radius 2 is 1.90 bits per heavy atom. The molecule has 3 heterocycles. The van der Waals surface area contributed by atoms with E-state index in [2.05, 4.69) is 26.5 Å². The summed E-state index contributed by atoms with van der Waals surface area (Å²) in [7, 11) is -3.47. The van der Waals surface area contributed by atoms with Gasteiger partial charge in [-0.3, -0.25) is 9.78 Å². The molecule has 0 bridgehead atoms. The second-order valence-corrected chi connectivity index (χ2v) is 11.0. The molecule has 1 aliphatic heterocycles. The number of amides is 1. The van der Waals surface area contributed by atoms with Crippen LogP contribution in [0.25, 0.3) is 10.9 Å². The molecule has 0 unspecified atom stereocenters. The highest BCUT2D eigenvalue weighted by molar-refractivity contribution is 7.88. The van der Waals surface area contributed by atoms with Gasteiger partial charge in [0.15, 0.2) is 11.4 Å². The zero-order valence-corrected chi connectivity index (χ0v) is 22.2. The van der Waals surface area contributed by atoms with E-state index in [9.17, 15) is 27.5 Å². The molecule has 1 saturated heterocycles. The van der Waals surface area contributed by atoms with E-state index < -0.39 is 27.8 Å².